The van der Waals surface area contributed by atoms with E-state index in [4.69, 9.17) is 11.6 Å². The van der Waals surface area contributed by atoms with E-state index in [0.717, 1.165) is 19.0 Å². The minimum atomic E-state index is -4.82. The maximum Gasteiger partial charge on any atom is 0.434 e. The van der Waals surface area contributed by atoms with Gasteiger partial charge in [-0.15, -0.1) is 0 Å². The maximum atomic E-state index is 13.8. The summed E-state index contributed by atoms with van der Waals surface area (Å²) >= 11 is 5.80. The molecular weight excluding hydrogens is 445 g/mol. The summed E-state index contributed by atoms with van der Waals surface area (Å²) in [5.41, 5.74) is -0.981. The number of carbonyl (C=O) groups is 2. The van der Waals surface area contributed by atoms with E-state index in [0.29, 0.717) is 28.4 Å². The Morgan fingerprint density at radius 3 is 2.19 bits per heavy atom. The molecule has 1 aliphatic rings. The van der Waals surface area contributed by atoms with Gasteiger partial charge in [-0.3, -0.25) is 9.59 Å². The van der Waals surface area contributed by atoms with Crippen molar-refractivity contribution in [1.82, 2.24) is 14.7 Å². The molecule has 2 heterocycles. The maximum absolute atomic E-state index is 13.8. The highest BCUT2D eigenvalue weighted by Gasteiger charge is 2.40. The molecule has 0 aliphatic carbocycles. The summed E-state index contributed by atoms with van der Waals surface area (Å²) < 4.78 is 42.0. The zero-order valence-electron chi connectivity index (χ0n) is 16.7. The fourth-order valence-electron chi connectivity index (χ4n) is 3.56. The van der Waals surface area contributed by atoms with E-state index >= 15 is 0 Å². The van der Waals surface area contributed by atoms with E-state index in [2.05, 4.69) is 10.4 Å². The molecule has 2 aromatic carbocycles. The quantitative estimate of drug-likeness (QED) is 0.591. The van der Waals surface area contributed by atoms with Gasteiger partial charge in [0, 0.05) is 29.4 Å². The first-order valence-corrected chi connectivity index (χ1v) is 10.2. The summed E-state index contributed by atoms with van der Waals surface area (Å²) in [6.07, 6.45) is -2.02. The van der Waals surface area contributed by atoms with Gasteiger partial charge in [-0.25, -0.2) is 4.68 Å². The monoisotopic (exact) mass is 462 g/mol. The van der Waals surface area contributed by atoms with Crippen LogP contribution >= 0.6 is 11.6 Å². The van der Waals surface area contributed by atoms with Crippen molar-refractivity contribution in [3.63, 3.8) is 0 Å². The third kappa shape index (κ3) is 4.47. The third-order valence-corrected chi connectivity index (χ3v) is 5.39. The van der Waals surface area contributed by atoms with E-state index in [9.17, 15) is 22.8 Å². The summed E-state index contributed by atoms with van der Waals surface area (Å²) in [7, 11) is 0. The number of aromatic nitrogens is 2. The number of benzene rings is 2. The van der Waals surface area contributed by atoms with Crippen LogP contribution in [0.4, 0.5) is 18.9 Å². The van der Waals surface area contributed by atoms with E-state index in [1.165, 1.54) is 48.5 Å². The van der Waals surface area contributed by atoms with Crippen molar-refractivity contribution in [2.75, 3.05) is 18.4 Å². The Balaban J connectivity index is 1.57. The normalized spacial score (nSPS) is 13.9. The Labute approximate surface area is 186 Å². The topological polar surface area (TPSA) is 67.2 Å². The number of carbonyl (C=O) groups excluding carboxylic acids is 2. The van der Waals surface area contributed by atoms with Gasteiger partial charge >= 0.3 is 6.18 Å². The van der Waals surface area contributed by atoms with Gasteiger partial charge in [0.1, 0.15) is 0 Å². The Morgan fingerprint density at radius 2 is 1.59 bits per heavy atom. The molecule has 1 saturated heterocycles. The molecule has 1 fully saturated rings. The molecule has 0 spiro atoms. The SMILES string of the molecule is O=C(Nc1ccc(C(=O)N2CCCC2)cc1)c1cnn(-c2ccc(Cl)cc2)c1C(F)(F)F. The molecule has 0 unspecified atom stereocenters. The number of amides is 2. The van der Waals surface area contributed by atoms with Crippen molar-refractivity contribution in [2.45, 2.75) is 19.0 Å². The van der Waals surface area contributed by atoms with E-state index < -0.39 is 23.3 Å². The van der Waals surface area contributed by atoms with Gasteiger partial charge in [0.25, 0.3) is 11.8 Å². The minimum absolute atomic E-state index is 0.107. The van der Waals surface area contributed by atoms with E-state index in [1.54, 1.807) is 4.90 Å². The molecular formula is C22H18ClF3N4O2. The second-order valence-corrected chi connectivity index (χ2v) is 7.76. The number of nitrogens with zero attached hydrogens (tertiary/aromatic N) is 3. The molecule has 166 valence electrons. The lowest BCUT2D eigenvalue weighted by Gasteiger charge is -2.15. The van der Waals surface area contributed by atoms with Crippen molar-refractivity contribution < 1.29 is 22.8 Å². The molecule has 0 saturated carbocycles. The standard InChI is InChI=1S/C22H18ClF3N4O2/c23-15-5-9-17(10-6-15)30-19(22(24,25)26)18(13-27-30)20(31)28-16-7-3-14(4-8-16)21(32)29-11-1-2-12-29/h3-10,13H,1-2,11-12H2,(H,28,31). The molecule has 1 aromatic heterocycles. The predicted molar refractivity (Wildman–Crippen MR) is 113 cm³/mol. The van der Waals surface area contributed by atoms with Crippen LogP contribution in [0.1, 0.15) is 39.3 Å². The largest absolute Gasteiger partial charge is 0.434 e. The molecule has 6 nitrogen and oxygen atoms in total. The molecule has 3 aromatic rings. The number of hydrogen-bond acceptors (Lipinski definition) is 3. The van der Waals surface area contributed by atoms with Crippen molar-refractivity contribution in [3.8, 4) is 5.69 Å². The summed E-state index contributed by atoms with van der Waals surface area (Å²) in [4.78, 5) is 26.8. The van der Waals surface area contributed by atoms with Gasteiger partial charge in [-0.2, -0.15) is 18.3 Å². The number of alkyl halides is 3. The van der Waals surface area contributed by atoms with Crippen molar-refractivity contribution in [3.05, 3.63) is 76.6 Å². The van der Waals surface area contributed by atoms with Gasteiger partial charge in [0.2, 0.25) is 0 Å². The van der Waals surface area contributed by atoms with Gasteiger partial charge in [0.15, 0.2) is 5.69 Å². The average molecular weight is 463 g/mol. The summed E-state index contributed by atoms with van der Waals surface area (Å²) in [6.45, 7) is 1.41. The zero-order chi connectivity index (χ0) is 22.9. The number of rotatable bonds is 4. The highest BCUT2D eigenvalue weighted by Crippen LogP contribution is 2.34. The third-order valence-electron chi connectivity index (χ3n) is 5.14. The second kappa shape index (κ2) is 8.66. The molecule has 32 heavy (non-hydrogen) atoms. The first kappa shape index (κ1) is 21.9. The van der Waals surface area contributed by atoms with Crippen LogP contribution in [-0.2, 0) is 6.18 Å². The molecule has 1 aliphatic heterocycles. The fraction of sp³-hybridized carbons (Fsp3) is 0.227. The van der Waals surface area contributed by atoms with E-state index in [-0.39, 0.29) is 17.3 Å². The number of nitrogens with one attached hydrogen (secondary N) is 1. The Morgan fingerprint density at radius 1 is 0.969 bits per heavy atom. The molecule has 0 bridgehead atoms. The van der Waals surface area contributed by atoms with Crippen molar-refractivity contribution in [2.24, 2.45) is 0 Å². The highest BCUT2D eigenvalue weighted by atomic mass is 35.5. The van der Waals surface area contributed by atoms with Gasteiger partial charge in [0.05, 0.1) is 17.4 Å². The average Bonchev–Trinajstić information content (AvgIpc) is 3.44. The first-order valence-electron chi connectivity index (χ1n) is 9.86. The van der Waals surface area contributed by atoms with Crippen LogP contribution in [0, 0.1) is 0 Å². The minimum Gasteiger partial charge on any atom is -0.339 e. The molecule has 0 atom stereocenters. The summed E-state index contributed by atoms with van der Waals surface area (Å²) in [6, 6.07) is 11.7. The van der Waals surface area contributed by atoms with Crippen LogP contribution in [0.5, 0.6) is 0 Å². The Kier molecular flexibility index (Phi) is 5.92. The van der Waals surface area contributed by atoms with Crippen LogP contribution in [0.25, 0.3) is 5.69 Å². The molecule has 10 heteroatoms. The number of likely N-dealkylation sites (tertiary alicyclic amines) is 1. The molecule has 4 rings (SSSR count). The predicted octanol–water partition coefficient (Wildman–Crippen LogP) is 5.03. The Bertz CT molecular complexity index is 1140. The fourth-order valence-corrected chi connectivity index (χ4v) is 3.69. The van der Waals surface area contributed by atoms with Crippen molar-refractivity contribution in [1.29, 1.82) is 0 Å². The molecule has 2 amide bonds. The lowest BCUT2D eigenvalue weighted by molar-refractivity contribution is -0.143. The highest BCUT2D eigenvalue weighted by molar-refractivity contribution is 6.30. The molecule has 1 N–H and O–H groups in total. The van der Waals surface area contributed by atoms with Crippen LogP contribution in [0.2, 0.25) is 5.02 Å². The number of halogens is 4. The number of hydrogen-bond donors (Lipinski definition) is 1. The number of anilines is 1. The van der Waals surface area contributed by atoms with Crippen LogP contribution in [0.3, 0.4) is 0 Å². The Hall–Kier alpha value is -3.33. The zero-order valence-corrected chi connectivity index (χ0v) is 17.5. The van der Waals surface area contributed by atoms with E-state index in [1.807, 2.05) is 0 Å². The molecule has 0 radical (unpaired) electrons. The van der Waals surface area contributed by atoms with Crippen LogP contribution < -0.4 is 5.32 Å². The first-order chi connectivity index (χ1) is 15.2. The van der Waals surface area contributed by atoms with Gasteiger partial charge in [-0.05, 0) is 61.4 Å². The van der Waals surface area contributed by atoms with Crippen LogP contribution in [-0.4, -0.2) is 39.6 Å². The van der Waals surface area contributed by atoms with Gasteiger partial charge in [-0.1, -0.05) is 11.6 Å². The van der Waals surface area contributed by atoms with Crippen molar-refractivity contribution >= 4 is 29.1 Å². The second-order valence-electron chi connectivity index (χ2n) is 7.32. The summed E-state index contributed by atoms with van der Waals surface area (Å²) in [5, 5.41) is 6.57. The van der Waals surface area contributed by atoms with Crippen LogP contribution in [0.15, 0.2) is 54.7 Å². The van der Waals surface area contributed by atoms with Gasteiger partial charge < -0.3 is 10.2 Å². The summed E-state index contributed by atoms with van der Waals surface area (Å²) in [5.74, 6) is -1.07. The smallest absolute Gasteiger partial charge is 0.339 e. The lowest BCUT2D eigenvalue weighted by Crippen LogP contribution is -2.27. The lowest BCUT2D eigenvalue weighted by atomic mass is 10.1.